The van der Waals surface area contributed by atoms with Crippen molar-refractivity contribution in [2.45, 2.75) is 58.2 Å². The van der Waals surface area contributed by atoms with Gasteiger partial charge in [0.25, 0.3) is 0 Å². The second kappa shape index (κ2) is 7.25. The highest BCUT2D eigenvalue weighted by Gasteiger charge is 2.54. The van der Waals surface area contributed by atoms with Crippen LogP contribution < -0.4 is 11.1 Å². The minimum absolute atomic E-state index is 0.0437. The van der Waals surface area contributed by atoms with Gasteiger partial charge < -0.3 is 15.8 Å². The molecule has 2 rings (SSSR count). The van der Waals surface area contributed by atoms with Crippen LogP contribution in [0, 0.1) is 5.41 Å². The van der Waals surface area contributed by atoms with Crippen LogP contribution in [0.4, 0.5) is 0 Å². The number of carbonyl (C=O) groups is 1. The molecule has 0 spiro atoms. The van der Waals surface area contributed by atoms with E-state index in [1.54, 1.807) is 0 Å². The highest BCUT2D eigenvalue weighted by molar-refractivity contribution is 5.83. The van der Waals surface area contributed by atoms with E-state index in [0.29, 0.717) is 0 Å². The molecule has 3 unspecified atom stereocenters. The van der Waals surface area contributed by atoms with Crippen LogP contribution in [0.2, 0.25) is 0 Å². The fourth-order valence-corrected chi connectivity index (χ4v) is 3.66. The average molecular weight is 304 g/mol. The summed E-state index contributed by atoms with van der Waals surface area (Å²) in [4.78, 5) is 12.5. The molecule has 1 amide bonds. The number of ether oxygens (including phenoxy) is 1. The van der Waals surface area contributed by atoms with Crippen LogP contribution in [0.1, 0.15) is 51.6 Å². The SMILES string of the molecule is CCOC1CC(NC(=O)C(N)c2ccccc2)C1(CC)CC. The molecule has 0 radical (unpaired) electrons. The van der Waals surface area contributed by atoms with Crippen LogP contribution in [-0.2, 0) is 9.53 Å². The zero-order chi connectivity index (χ0) is 16.2. The van der Waals surface area contributed by atoms with Crippen LogP contribution in [0.15, 0.2) is 30.3 Å². The molecule has 1 aliphatic rings. The molecule has 1 aliphatic carbocycles. The number of carbonyl (C=O) groups excluding carboxylic acids is 1. The smallest absolute Gasteiger partial charge is 0.241 e. The summed E-state index contributed by atoms with van der Waals surface area (Å²) in [6.07, 6.45) is 3.12. The van der Waals surface area contributed by atoms with Gasteiger partial charge in [0.2, 0.25) is 5.91 Å². The van der Waals surface area contributed by atoms with Gasteiger partial charge in [-0.05, 0) is 31.7 Å². The fraction of sp³-hybridized carbons (Fsp3) is 0.611. The summed E-state index contributed by atoms with van der Waals surface area (Å²) in [5, 5.41) is 3.15. The number of benzene rings is 1. The van der Waals surface area contributed by atoms with Crippen molar-refractivity contribution in [3.05, 3.63) is 35.9 Å². The Morgan fingerprint density at radius 2 is 1.95 bits per heavy atom. The van der Waals surface area contributed by atoms with Gasteiger partial charge in [-0.25, -0.2) is 0 Å². The molecule has 22 heavy (non-hydrogen) atoms. The molecule has 0 aliphatic heterocycles. The standard InChI is InChI=1S/C18H28N2O2/c1-4-18(5-2)14(12-15(18)22-6-3)20-17(21)16(19)13-10-8-7-9-11-13/h7-11,14-16H,4-6,12,19H2,1-3H3,(H,20,21). The Bertz CT molecular complexity index is 485. The summed E-state index contributed by atoms with van der Waals surface area (Å²) in [5.74, 6) is -0.0996. The van der Waals surface area contributed by atoms with E-state index in [1.165, 1.54) is 0 Å². The minimum atomic E-state index is -0.612. The lowest BCUT2D eigenvalue weighted by atomic mass is 9.58. The molecule has 0 heterocycles. The van der Waals surface area contributed by atoms with Crippen LogP contribution >= 0.6 is 0 Å². The third-order valence-corrected chi connectivity index (χ3v) is 5.23. The second-order valence-electron chi connectivity index (χ2n) is 6.07. The number of nitrogens with two attached hydrogens (primary N) is 1. The van der Waals surface area contributed by atoms with Crippen molar-refractivity contribution in [2.24, 2.45) is 11.1 Å². The molecule has 3 atom stereocenters. The highest BCUT2D eigenvalue weighted by atomic mass is 16.5. The molecule has 1 aromatic carbocycles. The van der Waals surface area contributed by atoms with Crippen molar-refractivity contribution >= 4 is 5.91 Å². The van der Waals surface area contributed by atoms with Gasteiger partial charge in [-0.1, -0.05) is 44.2 Å². The number of amides is 1. The third-order valence-electron chi connectivity index (χ3n) is 5.23. The maximum absolute atomic E-state index is 12.5. The van der Waals surface area contributed by atoms with E-state index in [-0.39, 0.29) is 23.5 Å². The Morgan fingerprint density at radius 3 is 2.50 bits per heavy atom. The zero-order valence-electron chi connectivity index (χ0n) is 13.8. The first-order valence-corrected chi connectivity index (χ1v) is 8.31. The number of nitrogens with one attached hydrogen (secondary N) is 1. The molecule has 1 fully saturated rings. The van der Waals surface area contributed by atoms with E-state index < -0.39 is 6.04 Å². The lowest BCUT2D eigenvalue weighted by Crippen LogP contribution is -2.65. The Morgan fingerprint density at radius 1 is 1.32 bits per heavy atom. The van der Waals surface area contributed by atoms with Crippen LogP contribution in [-0.4, -0.2) is 24.7 Å². The summed E-state index contributed by atoms with van der Waals surface area (Å²) in [5.41, 5.74) is 6.98. The molecule has 0 saturated heterocycles. The Balaban J connectivity index is 2.02. The van der Waals surface area contributed by atoms with Crippen molar-refractivity contribution in [3.8, 4) is 0 Å². The van der Waals surface area contributed by atoms with E-state index in [9.17, 15) is 4.79 Å². The topological polar surface area (TPSA) is 64.3 Å². The molecule has 122 valence electrons. The van der Waals surface area contributed by atoms with Crippen molar-refractivity contribution < 1.29 is 9.53 Å². The third kappa shape index (κ3) is 3.03. The largest absolute Gasteiger partial charge is 0.378 e. The van der Waals surface area contributed by atoms with Crippen LogP contribution in [0.25, 0.3) is 0 Å². The van der Waals surface area contributed by atoms with E-state index >= 15 is 0 Å². The Hall–Kier alpha value is -1.39. The maximum atomic E-state index is 12.5. The fourth-order valence-electron chi connectivity index (χ4n) is 3.66. The molecular weight excluding hydrogens is 276 g/mol. The summed E-state index contributed by atoms with van der Waals surface area (Å²) < 4.78 is 5.85. The summed E-state index contributed by atoms with van der Waals surface area (Å²) >= 11 is 0. The van der Waals surface area contributed by atoms with Gasteiger partial charge in [0.1, 0.15) is 6.04 Å². The predicted octanol–water partition coefficient (Wildman–Crippen LogP) is 2.79. The Labute approximate surface area is 133 Å². The zero-order valence-corrected chi connectivity index (χ0v) is 13.8. The number of hydrogen-bond acceptors (Lipinski definition) is 3. The summed E-state index contributed by atoms with van der Waals surface area (Å²) in [7, 11) is 0. The molecule has 1 aromatic rings. The van der Waals surface area contributed by atoms with E-state index in [1.807, 2.05) is 37.3 Å². The summed E-state index contributed by atoms with van der Waals surface area (Å²) in [6, 6.07) is 9.05. The number of rotatable bonds is 7. The summed E-state index contributed by atoms with van der Waals surface area (Å²) in [6.45, 7) is 7.08. The molecule has 0 aromatic heterocycles. The van der Waals surface area contributed by atoms with Gasteiger partial charge in [-0.2, -0.15) is 0 Å². The van der Waals surface area contributed by atoms with Gasteiger partial charge in [0.05, 0.1) is 6.10 Å². The first-order chi connectivity index (χ1) is 10.6. The van der Waals surface area contributed by atoms with Gasteiger partial charge in [-0.15, -0.1) is 0 Å². The van der Waals surface area contributed by atoms with Gasteiger partial charge in [0.15, 0.2) is 0 Å². The molecule has 4 nitrogen and oxygen atoms in total. The lowest BCUT2D eigenvalue weighted by Gasteiger charge is -2.55. The van der Waals surface area contributed by atoms with Crippen molar-refractivity contribution in [1.29, 1.82) is 0 Å². The van der Waals surface area contributed by atoms with Crippen molar-refractivity contribution in [3.63, 3.8) is 0 Å². The lowest BCUT2D eigenvalue weighted by molar-refractivity contribution is -0.149. The monoisotopic (exact) mass is 304 g/mol. The number of hydrogen-bond donors (Lipinski definition) is 2. The van der Waals surface area contributed by atoms with Crippen LogP contribution in [0.3, 0.4) is 0 Å². The molecule has 4 heteroatoms. The van der Waals surface area contributed by atoms with E-state index in [4.69, 9.17) is 10.5 Å². The molecule has 1 saturated carbocycles. The molecular formula is C18H28N2O2. The Kier molecular flexibility index (Phi) is 5.59. The average Bonchev–Trinajstić information content (AvgIpc) is 2.55. The van der Waals surface area contributed by atoms with Gasteiger partial charge >= 0.3 is 0 Å². The maximum Gasteiger partial charge on any atom is 0.241 e. The molecule has 3 N–H and O–H groups in total. The highest BCUT2D eigenvalue weighted by Crippen LogP contribution is 2.49. The van der Waals surface area contributed by atoms with Crippen molar-refractivity contribution in [2.75, 3.05) is 6.61 Å². The first-order valence-electron chi connectivity index (χ1n) is 8.31. The predicted molar refractivity (Wildman–Crippen MR) is 88.3 cm³/mol. The quantitative estimate of drug-likeness (QED) is 0.814. The molecule has 0 bridgehead atoms. The van der Waals surface area contributed by atoms with Gasteiger partial charge in [-0.3, -0.25) is 4.79 Å². The van der Waals surface area contributed by atoms with Gasteiger partial charge in [0, 0.05) is 18.1 Å². The van der Waals surface area contributed by atoms with E-state index in [0.717, 1.165) is 31.4 Å². The van der Waals surface area contributed by atoms with E-state index in [2.05, 4.69) is 19.2 Å². The second-order valence-corrected chi connectivity index (χ2v) is 6.07. The minimum Gasteiger partial charge on any atom is -0.378 e. The normalized spacial score (nSPS) is 24.4. The van der Waals surface area contributed by atoms with Crippen molar-refractivity contribution in [1.82, 2.24) is 5.32 Å². The van der Waals surface area contributed by atoms with Crippen LogP contribution in [0.5, 0.6) is 0 Å². The first kappa shape index (κ1) is 17.0.